The number of rotatable bonds is 6. The first-order valence-corrected chi connectivity index (χ1v) is 9.51. The van der Waals surface area contributed by atoms with Gasteiger partial charge in [0.2, 0.25) is 0 Å². The number of nitrogens with one attached hydrogen (secondary N) is 1. The van der Waals surface area contributed by atoms with Crippen LogP contribution in [0.3, 0.4) is 0 Å². The van der Waals surface area contributed by atoms with E-state index < -0.39 is 5.97 Å². The van der Waals surface area contributed by atoms with E-state index in [9.17, 15) is 9.59 Å². The molecule has 1 N–H and O–H groups in total. The minimum absolute atomic E-state index is 0.219. The number of carbonyl (C=O) groups excluding carboxylic acids is 2. The Balaban J connectivity index is 1.61. The van der Waals surface area contributed by atoms with Gasteiger partial charge in [0.25, 0.3) is 5.91 Å². The lowest BCUT2D eigenvalue weighted by Crippen LogP contribution is -2.13. The van der Waals surface area contributed by atoms with Crippen LogP contribution < -0.4 is 5.32 Å². The lowest BCUT2D eigenvalue weighted by atomic mass is 10.2. The molecule has 0 bridgehead atoms. The summed E-state index contributed by atoms with van der Waals surface area (Å²) >= 11 is 1.41. The zero-order valence-corrected chi connectivity index (χ0v) is 15.5. The van der Waals surface area contributed by atoms with E-state index >= 15 is 0 Å². The second-order valence-corrected chi connectivity index (χ2v) is 6.45. The van der Waals surface area contributed by atoms with E-state index in [4.69, 9.17) is 4.74 Å². The summed E-state index contributed by atoms with van der Waals surface area (Å²) in [4.78, 5) is 28.7. The van der Waals surface area contributed by atoms with Crippen LogP contribution in [0.5, 0.6) is 0 Å². The van der Waals surface area contributed by atoms with Crippen molar-refractivity contribution in [2.75, 3.05) is 11.6 Å². The van der Waals surface area contributed by atoms with Gasteiger partial charge in [0.05, 0.1) is 11.1 Å². The predicted molar refractivity (Wildman–Crippen MR) is 106 cm³/mol. The Bertz CT molecular complexity index is 928. The van der Waals surface area contributed by atoms with Crippen molar-refractivity contribution >= 4 is 29.3 Å². The maximum atomic E-state index is 12.4. The molecule has 0 aliphatic carbocycles. The van der Waals surface area contributed by atoms with Crippen molar-refractivity contribution in [3.8, 4) is 0 Å². The standard InChI is InChI=1S/C21H18N2O3S/c1-27-20-18(8-5-13-22-20)19(24)23-17-11-9-16(10-12-17)21(25)26-14-15-6-3-2-4-7-15/h2-13H,14H2,1H3,(H,23,24). The highest BCUT2D eigenvalue weighted by Crippen LogP contribution is 2.19. The van der Waals surface area contributed by atoms with Crippen LogP contribution in [0.2, 0.25) is 0 Å². The summed E-state index contributed by atoms with van der Waals surface area (Å²) in [6.45, 7) is 0.219. The first kappa shape index (κ1) is 18.7. The van der Waals surface area contributed by atoms with Gasteiger partial charge in [-0.1, -0.05) is 30.3 Å². The molecule has 0 radical (unpaired) electrons. The van der Waals surface area contributed by atoms with Crippen molar-refractivity contribution in [3.05, 3.63) is 89.6 Å². The molecule has 5 nitrogen and oxygen atoms in total. The molecule has 136 valence electrons. The van der Waals surface area contributed by atoms with Crippen LogP contribution in [0.1, 0.15) is 26.3 Å². The number of hydrogen-bond donors (Lipinski definition) is 1. The highest BCUT2D eigenvalue weighted by atomic mass is 32.2. The third kappa shape index (κ3) is 4.95. The molecule has 0 spiro atoms. The fraction of sp³-hybridized carbons (Fsp3) is 0.0952. The van der Waals surface area contributed by atoms with Crippen molar-refractivity contribution in [1.29, 1.82) is 0 Å². The van der Waals surface area contributed by atoms with Crippen LogP contribution in [-0.2, 0) is 11.3 Å². The second kappa shape index (κ2) is 9.00. The highest BCUT2D eigenvalue weighted by molar-refractivity contribution is 7.98. The van der Waals surface area contributed by atoms with Gasteiger partial charge in [0.15, 0.2) is 0 Å². The van der Waals surface area contributed by atoms with Gasteiger partial charge in [-0.05, 0) is 48.2 Å². The molecule has 6 heteroatoms. The summed E-state index contributed by atoms with van der Waals surface area (Å²) in [5, 5.41) is 3.48. The van der Waals surface area contributed by atoms with E-state index in [0.29, 0.717) is 21.8 Å². The molecular formula is C21H18N2O3S. The number of pyridine rings is 1. The van der Waals surface area contributed by atoms with Crippen LogP contribution in [0, 0.1) is 0 Å². The van der Waals surface area contributed by atoms with E-state index in [1.807, 2.05) is 36.6 Å². The van der Waals surface area contributed by atoms with Gasteiger partial charge in [-0.15, -0.1) is 11.8 Å². The largest absolute Gasteiger partial charge is 0.457 e. The van der Waals surface area contributed by atoms with Gasteiger partial charge in [-0.3, -0.25) is 4.79 Å². The Morgan fingerprint density at radius 2 is 1.74 bits per heavy atom. The molecule has 0 saturated heterocycles. The van der Waals surface area contributed by atoms with Gasteiger partial charge in [0.1, 0.15) is 11.6 Å². The molecule has 27 heavy (non-hydrogen) atoms. The number of benzene rings is 2. The molecule has 1 aromatic heterocycles. The third-order valence-electron chi connectivity index (χ3n) is 3.80. The Hall–Kier alpha value is -3.12. The summed E-state index contributed by atoms with van der Waals surface area (Å²) in [6.07, 6.45) is 3.52. The number of amides is 1. The first-order chi connectivity index (χ1) is 13.2. The number of nitrogens with zero attached hydrogens (tertiary/aromatic N) is 1. The number of aromatic nitrogens is 1. The lowest BCUT2D eigenvalue weighted by Gasteiger charge is -2.09. The molecule has 0 fully saturated rings. The predicted octanol–water partition coefficient (Wildman–Crippen LogP) is 4.41. The monoisotopic (exact) mass is 378 g/mol. The van der Waals surface area contributed by atoms with Gasteiger partial charge in [0, 0.05) is 11.9 Å². The maximum Gasteiger partial charge on any atom is 0.338 e. The average Bonchev–Trinajstić information content (AvgIpc) is 2.73. The Morgan fingerprint density at radius 1 is 1.00 bits per heavy atom. The molecule has 3 aromatic rings. The van der Waals surface area contributed by atoms with Gasteiger partial charge in [-0.25, -0.2) is 9.78 Å². The maximum absolute atomic E-state index is 12.4. The molecule has 0 aliphatic rings. The number of carbonyl (C=O) groups is 2. The van der Waals surface area contributed by atoms with Crippen LogP contribution >= 0.6 is 11.8 Å². The van der Waals surface area contributed by atoms with Gasteiger partial charge in [-0.2, -0.15) is 0 Å². The molecule has 0 atom stereocenters. The zero-order valence-electron chi connectivity index (χ0n) is 14.7. The Labute approximate surface area is 161 Å². The molecule has 1 amide bonds. The Kier molecular flexibility index (Phi) is 6.22. The summed E-state index contributed by atoms with van der Waals surface area (Å²) < 4.78 is 5.30. The van der Waals surface area contributed by atoms with Gasteiger partial charge >= 0.3 is 5.97 Å². The quantitative estimate of drug-likeness (QED) is 0.508. The van der Waals surface area contributed by atoms with E-state index in [-0.39, 0.29) is 12.5 Å². The van der Waals surface area contributed by atoms with Crippen LogP contribution in [-0.4, -0.2) is 23.1 Å². The molecule has 2 aromatic carbocycles. The molecule has 3 rings (SSSR count). The van der Waals surface area contributed by atoms with E-state index in [1.54, 1.807) is 42.6 Å². The Morgan fingerprint density at radius 3 is 2.44 bits per heavy atom. The number of hydrogen-bond acceptors (Lipinski definition) is 5. The van der Waals surface area contributed by atoms with E-state index in [1.165, 1.54) is 11.8 Å². The number of esters is 1. The fourth-order valence-corrected chi connectivity index (χ4v) is 2.97. The summed E-state index contributed by atoms with van der Waals surface area (Å²) in [5.41, 5.74) is 2.46. The highest BCUT2D eigenvalue weighted by Gasteiger charge is 2.13. The second-order valence-electron chi connectivity index (χ2n) is 5.65. The third-order valence-corrected chi connectivity index (χ3v) is 4.51. The summed E-state index contributed by atoms with van der Waals surface area (Å²) in [6, 6.07) is 19.5. The van der Waals surface area contributed by atoms with Crippen molar-refractivity contribution in [1.82, 2.24) is 4.98 Å². The topological polar surface area (TPSA) is 68.3 Å². The van der Waals surface area contributed by atoms with Crippen LogP contribution in [0.15, 0.2) is 78.0 Å². The SMILES string of the molecule is CSc1ncccc1C(=O)Nc1ccc(C(=O)OCc2ccccc2)cc1. The molecule has 0 aliphatic heterocycles. The normalized spacial score (nSPS) is 10.3. The van der Waals surface area contributed by atoms with Crippen molar-refractivity contribution in [2.24, 2.45) is 0 Å². The summed E-state index contributed by atoms with van der Waals surface area (Å²) in [5.74, 6) is -0.652. The van der Waals surface area contributed by atoms with Crippen LogP contribution in [0.4, 0.5) is 5.69 Å². The minimum Gasteiger partial charge on any atom is -0.457 e. The molecular weight excluding hydrogens is 360 g/mol. The molecule has 0 unspecified atom stereocenters. The van der Waals surface area contributed by atoms with Crippen molar-refractivity contribution < 1.29 is 14.3 Å². The van der Waals surface area contributed by atoms with Crippen LogP contribution in [0.25, 0.3) is 0 Å². The lowest BCUT2D eigenvalue weighted by molar-refractivity contribution is 0.0472. The number of ether oxygens (including phenoxy) is 1. The van der Waals surface area contributed by atoms with Gasteiger partial charge < -0.3 is 10.1 Å². The fourth-order valence-electron chi connectivity index (χ4n) is 2.42. The van der Waals surface area contributed by atoms with E-state index in [0.717, 1.165) is 5.56 Å². The zero-order chi connectivity index (χ0) is 19.1. The first-order valence-electron chi connectivity index (χ1n) is 8.29. The molecule has 1 heterocycles. The number of anilines is 1. The minimum atomic E-state index is -0.409. The smallest absolute Gasteiger partial charge is 0.338 e. The molecule has 0 saturated carbocycles. The average molecular weight is 378 g/mol. The summed E-state index contributed by atoms with van der Waals surface area (Å²) in [7, 11) is 0. The van der Waals surface area contributed by atoms with Crippen molar-refractivity contribution in [3.63, 3.8) is 0 Å². The van der Waals surface area contributed by atoms with E-state index in [2.05, 4.69) is 10.3 Å². The number of thioether (sulfide) groups is 1. The van der Waals surface area contributed by atoms with Crippen molar-refractivity contribution in [2.45, 2.75) is 11.6 Å².